The summed E-state index contributed by atoms with van der Waals surface area (Å²) < 4.78 is 5.03. The number of nitrogens with zero attached hydrogens (tertiary/aromatic N) is 1. The predicted molar refractivity (Wildman–Crippen MR) is 60.2 cm³/mol. The van der Waals surface area contributed by atoms with Crippen LogP contribution >= 0.6 is 11.3 Å². The van der Waals surface area contributed by atoms with E-state index in [1.165, 1.54) is 10.4 Å². The molecule has 1 aromatic rings. The van der Waals surface area contributed by atoms with Crippen molar-refractivity contribution in [3.8, 4) is 0 Å². The molecule has 0 saturated carbocycles. The summed E-state index contributed by atoms with van der Waals surface area (Å²) in [7, 11) is 0. The van der Waals surface area contributed by atoms with E-state index in [1.807, 2.05) is 6.92 Å². The van der Waals surface area contributed by atoms with E-state index in [-0.39, 0.29) is 12.1 Å². The summed E-state index contributed by atoms with van der Waals surface area (Å²) in [4.78, 5) is 14.9. The van der Waals surface area contributed by atoms with Crippen molar-refractivity contribution in [2.24, 2.45) is 0 Å². The van der Waals surface area contributed by atoms with E-state index in [4.69, 9.17) is 4.74 Å². The summed E-state index contributed by atoms with van der Waals surface area (Å²) in [5.41, 5.74) is 1.28. The van der Waals surface area contributed by atoms with Crippen LogP contribution in [0.25, 0.3) is 0 Å². The molecule has 0 fully saturated rings. The fraction of sp³-hybridized carbons (Fsp3) is 0.545. The fourth-order valence-corrected chi connectivity index (χ4v) is 2.93. The molecule has 1 atom stereocenters. The third kappa shape index (κ3) is 1.86. The predicted octanol–water partition coefficient (Wildman–Crippen LogP) is 2.82. The number of hydrogen-bond donors (Lipinski definition) is 0. The fourth-order valence-electron chi connectivity index (χ4n) is 1.97. The lowest BCUT2D eigenvalue weighted by atomic mass is 10.0. The number of ether oxygens (including phenoxy) is 1. The molecule has 15 heavy (non-hydrogen) atoms. The lowest BCUT2D eigenvalue weighted by Gasteiger charge is -2.32. The molecule has 4 heteroatoms. The van der Waals surface area contributed by atoms with Gasteiger partial charge >= 0.3 is 6.09 Å². The molecule has 2 heterocycles. The number of carbonyl (C=O) groups excluding carboxylic acids is 1. The standard InChI is InChI=1S/C11H15NO2S/c1-3-14-11(13)12-6-4-10-9(8(12)2)5-7-15-10/h5,7-8H,3-4,6H2,1-2H3. The zero-order chi connectivity index (χ0) is 10.8. The second-order valence-electron chi connectivity index (χ2n) is 3.62. The number of fused-ring (bicyclic) bond motifs is 1. The average Bonchev–Trinajstić information content (AvgIpc) is 2.67. The highest BCUT2D eigenvalue weighted by Crippen LogP contribution is 2.32. The van der Waals surface area contributed by atoms with Crippen LogP contribution in [0.3, 0.4) is 0 Å². The van der Waals surface area contributed by atoms with Gasteiger partial charge < -0.3 is 9.64 Å². The molecule has 1 unspecified atom stereocenters. The van der Waals surface area contributed by atoms with Gasteiger partial charge in [0.15, 0.2) is 0 Å². The van der Waals surface area contributed by atoms with Crippen LogP contribution in [-0.2, 0) is 11.2 Å². The molecule has 82 valence electrons. The Morgan fingerprint density at radius 1 is 1.73 bits per heavy atom. The van der Waals surface area contributed by atoms with Gasteiger partial charge in [-0.1, -0.05) is 0 Å². The summed E-state index contributed by atoms with van der Waals surface area (Å²) in [5, 5.41) is 2.09. The Balaban J connectivity index is 2.16. The molecule has 1 aliphatic heterocycles. The van der Waals surface area contributed by atoms with E-state index in [9.17, 15) is 4.79 Å². The molecule has 0 spiro atoms. The van der Waals surface area contributed by atoms with Crippen molar-refractivity contribution in [2.75, 3.05) is 13.2 Å². The van der Waals surface area contributed by atoms with Gasteiger partial charge in [-0.25, -0.2) is 4.79 Å². The topological polar surface area (TPSA) is 29.5 Å². The molecule has 1 aromatic heterocycles. The van der Waals surface area contributed by atoms with Gasteiger partial charge in [-0.2, -0.15) is 0 Å². The lowest BCUT2D eigenvalue weighted by Crippen LogP contribution is -2.38. The van der Waals surface area contributed by atoms with E-state index in [1.54, 1.807) is 16.2 Å². The van der Waals surface area contributed by atoms with Crippen molar-refractivity contribution in [1.29, 1.82) is 0 Å². The first-order valence-electron chi connectivity index (χ1n) is 5.23. The van der Waals surface area contributed by atoms with Crippen molar-refractivity contribution >= 4 is 17.4 Å². The third-order valence-corrected chi connectivity index (χ3v) is 3.78. The SMILES string of the molecule is CCOC(=O)N1CCc2sccc2C1C. The maximum atomic E-state index is 11.6. The van der Waals surface area contributed by atoms with Crippen LogP contribution in [0.5, 0.6) is 0 Å². The molecular formula is C11H15NO2S. The van der Waals surface area contributed by atoms with Crippen molar-refractivity contribution in [3.63, 3.8) is 0 Å². The molecule has 3 nitrogen and oxygen atoms in total. The van der Waals surface area contributed by atoms with Gasteiger partial charge in [0, 0.05) is 11.4 Å². The molecule has 0 aromatic carbocycles. The second kappa shape index (κ2) is 4.23. The van der Waals surface area contributed by atoms with Gasteiger partial charge in [-0.3, -0.25) is 0 Å². The number of rotatable bonds is 1. The normalized spacial score (nSPS) is 19.9. The van der Waals surface area contributed by atoms with Crippen LogP contribution < -0.4 is 0 Å². The Bertz CT molecular complexity index is 361. The van der Waals surface area contributed by atoms with Crippen LogP contribution in [0, 0.1) is 0 Å². The first-order valence-corrected chi connectivity index (χ1v) is 6.11. The first kappa shape index (κ1) is 10.5. The van der Waals surface area contributed by atoms with Crippen LogP contribution in [-0.4, -0.2) is 24.1 Å². The maximum Gasteiger partial charge on any atom is 0.410 e. The van der Waals surface area contributed by atoms with Crippen molar-refractivity contribution < 1.29 is 9.53 Å². The van der Waals surface area contributed by atoms with Gasteiger partial charge in [0.25, 0.3) is 0 Å². The third-order valence-electron chi connectivity index (χ3n) is 2.78. The molecule has 0 bridgehead atoms. The Hall–Kier alpha value is -1.03. The first-order chi connectivity index (χ1) is 7.24. The summed E-state index contributed by atoms with van der Waals surface area (Å²) >= 11 is 1.78. The summed E-state index contributed by atoms with van der Waals surface area (Å²) in [6, 6.07) is 2.26. The quantitative estimate of drug-likeness (QED) is 0.735. The lowest BCUT2D eigenvalue weighted by molar-refractivity contribution is 0.0905. The van der Waals surface area contributed by atoms with E-state index < -0.39 is 0 Å². The molecular weight excluding hydrogens is 210 g/mol. The van der Waals surface area contributed by atoms with E-state index in [0.29, 0.717) is 6.61 Å². The molecule has 2 rings (SSSR count). The molecule has 0 saturated heterocycles. The Morgan fingerprint density at radius 3 is 3.27 bits per heavy atom. The summed E-state index contributed by atoms with van der Waals surface area (Å²) in [6.07, 6.45) is 0.762. The molecule has 1 aliphatic rings. The number of carbonyl (C=O) groups is 1. The minimum atomic E-state index is -0.193. The Labute approximate surface area is 93.7 Å². The largest absolute Gasteiger partial charge is 0.450 e. The Kier molecular flexibility index (Phi) is 2.95. The van der Waals surface area contributed by atoms with Crippen LogP contribution in [0.1, 0.15) is 30.3 Å². The van der Waals surface area contributed by atoms with Crippen molar-refractivity contribution in [1.82, 2.24) is 4.90 Å². The van der Waals surface area contributed by atoms with Gasteiger partial charge in [0.05, 0.1) is 12.6 Å². The van der Waals surface area contributed by atoms with Gasteiger partial charge in [0.1, 0.15) is 0 Å². The zero-order valence-corrected chi connectivity index (χ0v) is 9.84. The molecule has 0 N–H and O–H groups in total. The number of thiophene rings is 1. The average molecular weight is 225 g/mol. The zero-order valence-electron chi connectivity index (χ0n) is 9.03. The van der Waals surface area contributed by atoms with Gasteiger partial charge in [-0.15, -0.1) is 11.3 Å². The number of amides is 1. The van der Waals surface area contributed by atoms with Crippen LogP contribution in [0.2, 0.25) is 0 Å². The molecule has 0 radical (unpaired) electrons. The minimum absolute atomic E-state index is 0.152. The van der Waals surface area contributed by atoms with Crippen molar-refractivity contribution in [2.45, 2.75) is 26.3 Å². The number of hydrogen-bond acceptors (Lipinski definition) is 3. The second-order valence-corrected chi connectivity index (χ2v) is 4.62. The highest BCUT2D eigenvalue weighted by atomic mass is 32.1. The van der Waals surface area contributed by atoms with Gasteiger partial charge in [-0.05, 0) is 37.3 Å². The summed E-state index contributed by atoms with van der Waals surface area (Å²) in [5.74, 6) is 0. The van der Waals surface area contributed by atoms with Crippen LogP contribution in [0.15, 0.2) is 11.4 Å². The smallest absolute Gasteiger partial charge is 0.410 e. The highest BCUT2D eigenvalue weighted by Gasteiger charge is 2.28. The van der Waals surface area contributed by atoms with E-state index in [2.05, 4.69) is 18.4 Å². The van der Waals surface area contributed by atoms with Crippen LogP contribution in [0.4, 0.5) is 4.79 Å². The van der Waals surface area contributed by atoms with Crippen molar-refractivity contribution in [3.05, 3.63) is 21.9 Å². The highest BCUT2D eigenvalue weighted by molar-refractivity contribution is 7.10. The monoisotopic (exact) mass is 225 g/mol. The van der Waals surface area contributed by atoms with E-state index >= 15 is 0 Å². The summed E-state index contributed by atoms with van der Waals surface area (Å²) in [6.45, 7) is 5.11. The molecule has 0 aliphatic carbocycles. The van der Waals surface area contributed by atoms with E-state index in [0.717, 1.165) is 13.0 Å². The van der Waals surface area contributed by atoms with Gasteiger partial charge in [0.2, 0.25) is 0 Å². The molecule has 1 amide bonds. The minimum Gasteiger partial charge on any atom is -0.450 e. The Morgan fingerprint density at radius 2 is 2.53 bits per heavy atom. The maximum absolute atomic E-state index is 11.6.